The van der Waals surface area contributed by atoms with Crippen LogP contribution in [0.15, 0.2) is 24.5 Å². The Morgan fingerprint density at radius 2 is 1.50 bits per heavy atom. The molecule has 0 aliphatic rings. The second-order valence-corrected chi connectivity index (χ2v) is 0.885. The maximum absolute atomic E-state index is 2.86. The van der Waals surface area contributed by atoms with Crippen LogP contribution in [0.4, 0.5) is 0 Å². The van der Waals surface area contributed by atoms with Gasteiger partial charge in [0.2, 0.25) is 0 Å². The van der Waals surface area contributed by atoms with Crippen molar-refractivity contribution < 1.29 is 17.4 Å². The normalized spacial score (nSPS) is 6.67. The predicted octanol–water partition coefficient (Wildman–Crippen LogP) is 1.01. The summed E-state index contributed by atoms with van der Waals surface area (Å²) in [6, 6.07) is 3.89. The van der Waals surface area contributed by atoms with Gasteiger partial charge in [0.25, 0.3) is 0 Å². The number of hydrogen-bond donors (Lipinski definition) is 1. The Hall–Kier alpha value is -0.188. The molecule has 1 heterocycles. The Labute approximate surface area is 47.5 Å². The summed E-state index contributed by atoms with van der Waals surface area (Å²) in [6.07, 6.45) is 3.75. The first-order valence-corrected chi connectivity index (χ1v) is 1.58. The molecule has 0 saturated heterocycles. The molecule has 1 nitrogen and oxygen atoms in total. The molecule has 6 heavy (non-hydrogen) atoms. The van der Waals surface area contributed by atoms with E-state index in [0.717, 1.165) is 0 Å². The van der Waals surface area contributed by atoms with Crippen LogP contribution < -0.4 is 0 Å². The first-order chi connectivity index (χ1) is 2.50. The van der Waals surface area contributed by atoms with Crippen molar-refractivity contribution in [1.29, 1.82) is 0 Å². The molecule has 0 aliphatic heterocycles. The van der Waals surface area contributed by atoms with Gasteiger partial charge in [0.1, 0.15) is 0 Å². The van der Waals surface area contributed by atoms with Crippen molar-refractivity contribution in [3.8, 4) is 0 Å². The van der Waals surface area contributed by atoms with Gasteiger partial charge >= 0.3 is 0 Å². The van der Waals surface area contributed by atoms with E-state index in [4.69, 9.17) is 0 Å². The SMILES string of the molecule is [Cr].c1cc[nH]c1. The Morgan fingerprint density at radius 1 is 1.00 bits per heavy atom. The molecule has 1 rings (SSSR count). The number of nitrogens with one attached hydrogen (secondary N) is 1. The topological polar surface area (TPSA) is 15.8 Å². The molecule has 0 fully saturated rings. The number of aromatic amines is 1. The average molecular weight is 119 g/mol. The van der Waals surface area contributed by atoms with Crippen molar-refractivity contribution in [3.63, 3.8) is 0 Å². The molecular formula is C4H5CrN. The van der Waals surface area contributed by atoms with Gasteiger partial charge in [-0.3, -0.25) is 0 Å². The van der Waals surface area contributed by atoms with Gasteiger partial charge in [0.05, 0.1) is 0 Å². The van der Waals surface area contributed by atoms with Gasteiger partial charge in [0.15, 0.2) is 0 Å². The zero-order valence-electron chi connectivity index (χ0n) is 3.22. The fourth-order valence-electron chi connectivity index (χ4n) is 0.278. The van der Waals surface area contributed by atoms with Crippen LogP contribution in [-0.2, 0) is 17.4 Å². The molecule has 1 aromatic heterocycles. The number of aromatic nitrogens is 1. The van der Waals surface area contributed by atoms with Crippen LogP contribution in [0.25, 0.3) is 0 Å². The van der Waals surface area contributed by atoms with E-state index in [1.54, 1.807) is 0 Å². The first kappa shape index (κ1) is 5.81. The number of rotatable bonds is 0. The zero-order valence-corrected chi connectivity index (χ0v) is 4.49. The van der Waals surface area contributed by atoms with Crippen molar-refractivity contribution in [2.75, 3.05) is 0 Å². The Bertz CT molecular complexity index is 64.0. The molecule has 0 saturated carbocycles. The molecular weight excluding hydrogens is 114 g/mol. The Kier molecular flexibility index (Phi) is 2.93. The minimum absolute atomic E-state index is 0. The van der Waals surface area contributed by atoms with Crippen molar-refractivity contribution in [2.45, 2.75) is 0 Å². The smallest absolute Gasteiger partial charge is 0.000496 e. The van der Waals surface area contributed by atoms with E-state index in [1.807, 2.05) is 24.5 Å². The summed E-state index contributed by atoms with van der Waals surface area (Å²) in [5.74, 6) is 0. The van der Waals surface area contributed by atoms with E-state index in [0.29, 0.717) is 0 Å². The largest absolute Gasteiger partial charge is 0.368 e. The van der Waals surface area contributed by atoms with Gasteiger partial charge in [-0.05, 0) is 12.1 Å². The number of H-pyrrole nitrogens is 1. The zero-order chi connectivity index (χ0) is 3.54. The quantitative estimate of drug-likeness (QED) is 0.524. The van der Waals surface area contributed by atoms with Crippen molar-refractivity contribution >= 4 is 0 Å². The standard InChI is InChI=1S/C4H5N.Cr/c1-2-4-5-3-1;/h1-5H;. The predicted molar refractivity (Wildman–Crippen MR) is 20.8 cm³/mol. The molecule has 0 spiro atoms. The molecule has 1 N–H and O–H groups in total. The molecule has 0 aliphatic carbocycles. The maximum Gasteiger partial charge on any atom is 0.000496 e. The maximum atomic E-state index is 2.86. The summed E-state index contributed by atoms with van der Waals surface area (Å²) in [5, 5.41) is 0. The third-order valence-corrected chi connectivity index (χ3v) is 0.496. The van der Waals surface area contributed by atoms with Crippen LogP contribution in [0, 0.1) is 0 Å². The van der Waals surface area contributed by atoms with E-state index in [1.165, 1.54) is 0 Å². The van der Waals surface area contributed by atoms with E-state index in [-0.39, 0.29) is 17.4 Å². The fraction of sp³-hybridized carbons (Fsp3) is 0. The Balaban J connectivity index is 0.000000250. The molecule has 0 amide bonds. The molecule has 32 valence electrons. The van der Waals surface area contributed by atoms with Gasteiger partial charge < -0.3 is 4.98 Å². The van der Waals surface area contributed by atoms with Crippen molar-refractivity contribution in [2.24, 2.45) is 0 Å². The summed E-state index contributed by atoms with van der Waals surface area (Å²) in [4.78, 5) is 2.86. The fourth-order valence-corrected chi connectivity index (χ4v) is 0.278. The van der Waals surface area contributed by atoms with Gasteiger partial charge in [-0.25, -0.2) is 0 Å². The molecule has 0 unspecified atom stereocenters. The molecule has 2 heteroatoms. The van der Waals surface area contributed by atoms with Crippen molar-refractivity contribution in [1.82, 2.24) is 4.98 Å². The van der Waals surface area contributed by atoms with E-state index in [9.17, 15) is 0 Å². The summed E-state index contributed by atoms with van der Waals surface area (Å²) in [5.41, 5.74) is 0. The van der Waals surface area contributed by atoms with Crippen LogP contribution in [0.3, 0.4) is 0 Å². The van der Waals surface area contributed by atoms with Crippen LogP contribution in [0.2, 0.25) is 0 Å². The first-order valence-electron chi connectivity index (χ1n) is 1.58. The average Bonchev–Trinajstić information content (AvgIpc) is 1.76. The van der Waals surface area contributed by atoms with Crippen LogP contribution in [0.5, 0.6) is 0 Å². The monoisotopic (exact) mass is 119 g/mol. The van der Waals surface area contributed by atoms with Crippen LogP contribution in [-0.4, -0.2) is 4.98 Å². The number of hydrogen-bond acceptors (Lipinski definition) is 0. The third kappa shape index (κ3) is 1.30. The van der Waals surface area contributed by atoms with Crippen LogP contribution in [0.1, 0.15) is 0 Å². The van der Waals surface area contributed by atoms with Gasteiger partial charge in [-0.2, -0.15) is 0 Å². The Morgan fingerprint density at radius 3 is 1.67 bits per heavy atom. The summed E-state index contributed by atoms with van der Waals surface area (Å²) in [6.45, 7) is 0. The second-order valence-electron chi connectivity index (χ2n) is 0.885. The van der Waals surface area contributed by atoms with Crippen molar-refractivity contribution in [3.05, 3.63) is 24.5 Å². The minimum Gasteiger partial charge on any atom is -0.368 e. The second kappa shape index (κ2) is 3.02. The molecule has 0 bridgehead atoms. The van der Waals surface area contributed by atoms with Gasteiger partial charge in [-0.15, -0.1) is 0 Å². The minimum atomic E-state index is 0. The van der Waals surface area contributed by atoms with Crippen LogP contribution >= 0.6 is 0 Å². The summed E-state index contributed by atoms with van der Waals surface area (Å²) < 4.78 is 0. The van der Waals surface area contributed by atoms with Gasteiger partial charge in [0, 0.05) is 29.8 Å². The van der Waals surface area contributed by atoms with Gasteiger partial charge in [-0.1, -0.05) is 0 Å². The molecule has 0 radical (unpaired) electrons. The summed E-state index contributed by atoms with van der Waals surface area (Å²) in [7, 11) is 0. The third-order valence-electron chi connectivity index (χ3n) is 0.496. The van der Waals surface area contributed by atoms with E-state index < -0.39 is 0 Å². The molecule has 1 aromatic rings. The molecule has 0 aromatic carbocycles. The van der Waals surface area contributed by atoms with E-state index >= 15 is 0 Å². The summed E-state index contributed by atoms with van der Waals surface area (Å²) >= 11 is 0. The van der Waals surface area contributed by atoms with E-state index in [2.05, 4.69) is 4.98 Å². The molecule has 0 atom stereocenters.